The van der Waals surface area contributed by atoms with Crippen molar-refractivity contribution in [3.63, 3.8) is 0 Å². The Morgan fingerprint density at radius 2 is 1.95 bits per heavy atom. The highest BCUT2D eigenvalue weighted by atomic mass is 16.5. The number of esters is 1. The molecule has 0 amide bonds. The van der Waals surface area contributed by atoms with Gasteiger partial charge in [0.1, 0.15) is 12.4 Å². The molecule has 3 aromatic rings. The smallest absolute Gasteiger partial charge is 0.308 e. The molecule has 1 N–H and O–H groups in total. The molecule has 0 spiro atoms. The van der Waals surface area contributed by atoms with E-state index in [0.717, 1.165) is 22.2 Å². The molecule has 21 heavy (non-hydrogen) atoms. The van der Waals surface area contributed by atoms with Gasteiger partial charge in [-0.2, -0.15) is 0 Å². The third-order valence-corrected chi connectivity index (χ3v) is 3.12. The molecule has 0 aliphatic heterocycles. The number of ether oxygens (including phenoxy) is 2. The van der Waals surface area contributed by atoms with Crippen LogP contribution in [0, 0.1) is 0 Å². The first kappa shape index (κ1) is 13.2. The summed E-state index contributed by atoms with van der Waals surface area (Å²) in [5.74, 6) is 0.968. The van der Waals surface area contributed by atoms with E-state index in [1.807, 2.05) is 48.5 Å². The fraction of sp³-hybridized carbons (Fsp3) is 0.118. The molecule has 0 bridgehead atoms. The molecule has 0 saturated carbocycles. The summed E-state index contributed by atoms with van der Waals surface area (Å²) >= 11 is 0. The molecule has 1 heterocycles. The minimum atomic E-state index is -0.333. The van der Waals surface area contributed by atoms with Gasteiger partial charge >= 0.3 is 5.97 Å². The van der Waals surface area contributed by atoms with Crippen molar-refractivity contribution in [2.45, 2.75) is 13.5 Å². The predicted molar refractivity (Wildman–Crippen MR) is 80.4 cm³/mol. The van der Waals surface area contributed by atoms with Crippen LogP contribution in [0.5, 0.6) is 11.5 Å². The van der Waals surface area contributed by atoms with Gasteiger partial charge in [0.25, 0.3) is 0 Å². The molecule has 0 aliphatic rings. The zero-order chi connectivity index (χ0) is 14.7. The van der Waals surface area contributed by atoms with E-state index in [4.69, 9.17) is 9.47 Å². The van der Waals surface area contributed by atoms with Gasteiger partial charge in [0.15, 0.2) is 5.75 Å². The number of nitrogens with one attached hydrogen (secondary N) is 1. The monoisotopic (exact) mass is 281 g/mol. The SMILES string of the molecule is CC(=O)Oc1c[nH]c2cc(OCc3ccccc3)ccc12. The summed E-state index contributed by atoms with van der Waals surface area (Å²) in [5.41, 5.74) is 1.99. The van der Waals surface area contributed by atoms with Gasteiger partial charge in [0.2, 0.25) is 0 Å². The van der Waals surface area contributed by atoms with Crippen LogP contribution < -0.4 is 9.47 Å². The fourth-order valence-corrected chi connectivity index (χ4v) is 2.15. The minimum Gasteiger partial charge on any atom is -0.489 e. The summed E-state index contributed by atoms with van der Waals surface area (Å²) in [6, 6.07) is 15.6. The number of H-pyrrole nitrogens is 1. The largest absolute Gasteiger partial charge is 0.489 e. The lowest BCUT2D eigenvalue weighted by Gasteiger charge is -2.06. The Kier molecular flexibility index (Phi) is 3.60. The Hall–Kier alpha value is -2.75. The highest BCUT2D eigenvalue weighted by Gasteiger charge is 2.08. The van der Waals surface area contributed by atoms with Gasteiger partial charge < -0.3 is 14.5 Å². The molecule has 106 valence electrons. The van der Waals surface area contributed by atoms with E-state index >= 15 is 0 Å². The van der Waals surface area contributed by atoms with Crippen molar-refractivity contribution in [1.82, 2.24) is 4.98 Å². The van der Waals surface area contributed by atoms with E-state index in [0.29, 0.717) is 12.4 Å². The van der Waals surface area contributed by atoms with Crippen molar-refractivity contribution in [3.05, 3.63) is 60.3 Å². The summed E-state index contributed by atoms with van der Waals surface area (Å²) in [6.07, 6.45) is 1.67. The molecule has 0 saturated heterocycles. The van der Waals surface area contributed by atoms with Gasteiger partial charge in [-0.1, -0.05) is 30.3 Å². The van der Waals surface area contributed by atoms with E-state index in [9.17, 15) is 4.79 Å². The van der Waals surface area contributed by atoms with Crippen LogP contribution in [-0.4, -0.2) is 11.0 Å². The molecule has 4 heteroatoms. The molecule has 4 nitrogen and oxygen atoms in total. The van der Waals surface area contributed by atoms with Gasteiger partial charge in [0.05, 0.1) is 5.52 Å². The summed E-state index contributed by atoms with van der Waals surface area (Å²) in [7, 11) is 0. The van der Waals surface area contributed by atoms with Gasteiger partial charge in [-0.25, -0.2) is 0 Å². The molecular weight excluding hydrogens is 266 g/mol. The zero-order valence-corrected chi connectivity index (χ0v) is 11.6. The van der Waals surface area contributed by atoms with Crippen molar-refractivity contribution in [1.29, 1.82) is 0 Å². The van der Waals surface area contributed by atoms with Crippen molar-refractivity contribution in [3.8, 4) is 11.5 Å². The normalized spacial score (nSPS) is 10.5. The second kappa shape index (κ2) is 5.71. The van der Waals surface area contributed by atoms with E-state index in [1.54, 1.807) is 6.20 Å². The number of aromatic amines is 1. The van der Waals surface area contributed by atoms with Crippen molar-refractivity contribution in [2.24, 2.45) is 0 Å². The molecular formula is C17H15NO3. The van der Waals surface area contributed by atoms with Crippen LogP contribution in [0.1, 0.15) is 12.5 Å². The van der Waals surface area contributed by atoms with E-state index in [2.05, 4.69) is 4.98 Å². The number of fused-ring (bicyclic) bond motifs is 1. The Morgan fingerprint density at radius 1 is 1.14 bits per heavy atom. The number of aromatic nitrogens is 1. The maximum atomic E-state index is 11.0. The quantitative estimate of drug-likeness (QED) is 0.742. The van der Waals surface area contributed by atoms with Crippen molar-refractivity contribution < 1.29 is 14.3 Å². The molecule has 0 radical (unpaired) electrons. The second-order valence-corrected chi connectivity index (χ2v) is 4.73. The minimum absolute atomic E-state index is 0.333. The highest BCUT2D eigenvalue weighted by molar-refractivity contribution is 5.89. The maximum Gasteiger partial charge on any atom is 0.308 e. The van der Waals surface area contributed by atoms with Crippen LogP contribution >= 0.6 is 0 Å². The highest BCUT2D eigenvalue weighted by Crippen LogP contribution is 2.28. The molecule has 2 aromatic carbocycles. The molecule has 3 rings (SSSR count). The number of hydrogen-bond donors (Lipinski definition) is 1. The fourth-order valence-electron chi connectivity index (χ4n) is 2.15. The third kappa shape index (κ3) is 3.05. The first-order valence-corrected chi connectivity index (χ1v) is 6.68. The van der Waals surface area contributed by atoms with Gasteiger partial charge in [-0.05, 0) is 17.7 Å². The van der Waals surface area contributed by atoms with Gasteiger partial charge in [0, 0.05) is 24.6 Å². The van der Waals surface area contributed by atoms with E-state index < -0.39 is 0 Å². The molecule has 1 aromatic heterocycles. The Labute approximate surface area is 122 Å². The van der Waals surface area contributed by atoms with Crippen LogP contribution in [0.25, 0.3) is 10.9 Å². The van der Waals surface area contributed by atoms with Gasteiger partial charge in [-0.3, -0.25) is 4.79 Å². The number of carbonyl (C=O) groups excluding carboxylic acids is 1. The zero-order valence-electron chi connectivity index (χ0n) is 11.6. The molecule has 0 aliphatic carbocycles. The maximum absolute atomic E-state index is 11.0. The van der Waals surface area contributed by atoms with Crippen molar-refractivity contribution in [2.75, 3.05) is 0 Å². The van der Waals surface area contributed by atoms with E-state index in [1.165, 1.54) is 6.92 Å². The summed E-state index contributed by atoms with van der Waals surface area (Å²) in [5, 5.41) is 0.859. The van der Waals surface area contributed by atoms with E-state index in [-0.39, 0.29) is 5.97 Å². The lowest BCUT2D eigenvalue weighted by molar-refractivity contribution is -0.131. The van der Waals surface area contributed by atoms with Gasteiger partial charge in [-0.15, -0.1) is 0 Å². The first-order chi connectivity index (χ1) is 10.2. The molecule has 0 unspecified atom stereocenters. The number of carbonyl (C=O) groups is 1. The van der Waals surface area contributed by atoms with Crippen LogP contribution in [0.3, 0.4) is 0 Å². The summed E-state index contributed by atoms with van der Waals surface area (Å²) in [4.78, 5) is 14.1. The Bertz CT molecular complexity index is 762. The Morgan fingerprint density at radius 3 is 2.71 bits per heavy atom. The molecule has 0 fully saturated rings. The molecule has 0 atom stereocenters. The number of hydrogen-bond acceptors (Lipinski definition) is 3. The van der Waals surface area contributed by atoms with Crippen LogP contribution in [0.2, 0.25) is 0 Å². The summed E-state index contributed by atoms with van der Waals surface area (Å²) in [6.45, 7) is 1.90. The topological polar surface area (TPSA) is 51.3 Å². The number of rotatable bonds is 4. The lowest BCUT2D eigenvalue weighted by Crippen LogP contribution is -2.00. The predicted octanol–water partition coefficient (Wildman–Crippen LogP) is 3.67. The first-order valence-electron chi connectivity index (χ1n) is 6.68. The van der Waals surface area contributed by atoms with Crippen LogP contribution in [0.15, 0.2) is 54.7 Å². The average molecular weight is 281 g/mol. The second-order valence-electron chi connectivity index (χ2n) is 4.73. The standard InChI is InChI=1S/C17H15NO3/c1-12(19)21-17-10-18-16-9-14(7-8-15(16)17)20-11-13-5-3-2-4-6-13/h2-10,18H,11H2,1H3. The van der Waals surface area contributed by atoms with Crippen molar-refractivity contribution >= 4 is 16.9 Å². The van der Waals surface area contributed by atoms with Crippen LogP contribution in [0.4, 0.5) is 0 Å². The average Bonchev–Trinajstić information content (AvgIpc) is 2.88. The summed E-state index contributed by atoms with van der Waals surface area (Å²) < 4.78 is 10.9. The van der Waals surface area contributed by atoms with Crippen LogP contribution in [-0.2, 0) is 11.4 Å². The lowest BCUT2D eigenvalue weighted by atomic mass is 10.2. The third-order valence-electron chi connectivity index (χ3n) is 3.12. The number of benzene rings is 2. The Balaban J connectivity index is 1.77.